The van der Waals surface area contributed by atoms with Gasteiger partial charge in [-0.05, 0) is 110 Å². The van der Waals surface area contributed by atoms with Gasteiger partial charge >= 0.3 is 0 Å². The van der Waals surface area contributed by atoms with Crippen molar-refractivity contribution >= 4 is 9.24 Å². The first-order valence-corrected chi connectivity index (χ1v) is 13.4. The molecule has 4 rings (SSSR count). The third-order valence-electron chi connectivity index (χ3n) is 10.2. The highest BCUT2D eigenvalue weighted by Crippen LogP contribution is 2.67. The molecule has 0 spiro atoms. The lowest BCUT2D eigenvalue weighted by molar-refractivity contribution is -0.115. The number of unbranched alkanes of at least 4 members (excludes halogenated alkanes) is 2. The molecule has 27 heavy (non-hydrogen) atoms. The Kier molecular flexibility index (Phi) is 7.42. The van der Waals surface area contributed by atoms with E-state index in [1.54, 1.807) is 32.1 Å². The average molecular weight is 393 g/mol. The molecule has 1 heteroatoms. The fraction of sp³-hybridized carbons (Fsp3) is 1.00. The Morgan fingerprint density at radius 3 is 2.19 bits per heavy atom. The fourth-order valence-corrected chi connectivity index (χ4v) is 8.42. The lowest BCUT2D eigenvalue weighted by Gasteiger charge is -2.61. The minimum atomic E-state index is 0.701. The molecule has 0 heterocycles. The lowest BCUT2D eigenvalue weighted by Crippen LogP contribution is -2.53. The van der Waals surface area contributed by atoms with Crippen LogP contribution >= 0.6 is 9.24 Å². The van der Waals surface area contributed by atoms with Gasteiger partial charge in [-0.15, -0.1) is 9.24 Å². The normalized spacial score (nSPS) is 48.7. The van der Waals surface area contributed by atoms with Crippen molar-refractivity contribution in [3.63, 3.8) is 0 Å². The topological polar surface area (TPSA) is 0 Å². The van der Waals surface area contributed by atoms with Crippen molar-refractivity contribution in [2.24, 2.45) is 46.3 Å². The SMILES string of the molecule is CC1CCC2(C)C(CCC3C4CCC(C)C4(C)CCC32)C1.CCCCCP. The molecule has 0 amide bonds. The summed E-state index contributed by atoms with van der Waals surface area (Å²) in [5, 5.41) is 0. The van der Waals surface area contributed by atoms with Gasteiger partial charge < -0.3 is 0 Å². The Morgan fingerprint density at radius 1 is 0.815 bits per heavy atom. The molecule has 0 aromatic heterocycles. The minimum Gasteiger partial charge on any atom is -0.138 e. The second kappa shape index (κ2) is 9.06. The summed E-state index contributed by atoms with van der Waals surface area (Å²) in [7, 11) is 2.73. The highest BCUT2D eigenvalue weighted by atomic mass is 31.0. The van der Waals surface area contributed by atoms with Crippen LogP contribution in [0.15, 0.2) is 0 Å². The molecule has 0 aromatic carbocycles. The second-order valence-electron chi connectivity index (χ2n) is 11.6. The van der Waals surface area contributed by atoms with Crippen LogP contribution in [0.2, 0.25) is 0 Å². The van der Waals surface area contributed by atoms with Gasteiger partial charge in [0.05, 0.1) is 0 Å². The zero-order chi connectivity index (χ0) is 19.7. The maximum atomic E-state index is 2.73. The van der Waals surface area contributed by atoms with Crippen molar-refractivity contribution in [3.05, 3.63) is 0 Å². The molecular weight excluding hydrogens is 343 g/mol. The molecule has 0 bridgehead atoms. The molecule has 0 saturated heterocycles. The van der Waals surface area contributed by atoms with Crippen molar-refractivity contribution in [2.75, 3.05) is 6.16 Å². The van der Waals surface area contributed by atoms with Crippen LogP contribution in [0.25, 0.3) is 0 Å². The third kappa shape index (κ3) is 4.18. The third-order valence-corrected chi connectivity index (χ3v) is 10.6. The Labute approximate surface area is 173 Å². The Morgan fingerprint density at radius 2 is 1.52 bits per heavy atom. The zero-order valence-corrected chi connectivity index (χ0v) is 20.4. The highest BCUT2D eigenvalue weighted by molar-refractivity contribution is 7.16. The molecular formula is C26H49P. The fourth-order valence-electron chi connectivity index (χ4n) is 8.13. The van der Waals surface area contributed by atoms with Gasteiger partial charge in [-0.2, -0.15) is 0 Å². The summed E-state index contributed by atoms with van der Waals surface area (Å²) in [6, 6.07) is 0. The lowest BCUT2D eigenvalue weighted by atomic mass is 9.44. The van der Waals surface area contributed by atoms with Gasteiger partial charge in [-0.3, -0.25) is 0 Å². The largest absolute Gasteiger partial charge is 0.138 e. The van der Waals surface area contributed by atoms with Crippen LogP contribution in [0.5, 0.6) is 0 Å². The van der Waals surface area contributed by atoms with Crippen molar-refractivity contribution < 1.29 is 0 Å². The van der Waals surface area contributed by atoms with E-state index < -0.39 is 0 Å². The van der Waals surface area contributed by atoms with E-state index in [9.17, 15) is 0 Å². The monoisotopic (exact) mass is 392 g/mol. The van der Waals surface area contributed by atoms with Crippen molar-refractivity contribution in [1.29, 1.82) is 0 Å². The summed E-state index contributed by atoms with van der Waals surface area (Å²) < 4.78 is 0. The van der Waals surface area contributed by atoms with Gasteiger partial charge in [-0.1, -0.05) is 53.9 Å². The summed E-state index contributed by atoms with van der Waals surface area (Å²) in [5.41, 5.74) is 1.41. The van der Waals surface area contributed by atoms with Crippen LogP contribution in [0.3, 0.4) is 0 Å². The summed E-state index contributed by atoms with van der Waals surface area (Å²) >= 11 is 0. The molecule has 0 N–H and O–H groups in total. The van der Waals surface area contributed by atoms with Crippen molar-refractivity contribution in [3.8, 4) is 0 Å². The predicted molar refractivity (Wildman–Crippen MR) is 124 cm³/mol. The van der Waals surface area contributed by atoms with Crippen molar-refractivity contribution in [1.82, 2.24) is 0 Å². The first-order chi connectivity index (χ1) is 12.9. The Bertz CT molecular complexity index is 469. The van der Waals surface area contributed by atoms with Crippen LogP contribution in [-0.4, -0.2) is 6.16 Å². The Hall–Kier alpha value is 0.430. The molecule has 9 atom stereocenters. The van der Waals surface area contributed by atoms with E-state index in [4.69, 9.17) is 0 Å². The molecule has 0 aliphatic heterocycles. The van der Waals surface area contributed by atoms with Crippen LogP contribution < -0.4 is 0 Å². The average Bonchev–Trinajstić information content (AvgIpc) is 2.96. The second-order valence-corrected chi connectivity index (χ2v) is 12.1. The van der Waals surface area contributed by atoms with E-state index in [-0.39, 0.29) is 0 Å². The van der Waals surface area contributed by atoms with E-state index in [2.05, 4.69) is 43.9 Å². The van der Waals surface area contributed by atoms with Gasteiger partial charge in [0.2, 0.25) is 0 Å². The maximum Gasteiger partial charge on any atom is -0.0266 e. The standard InChI is InChI=1S/C21H36.C5H13P/c1-14-9-11-21(4)16(13-14)6-7-17-18-8-5-15(2)20(18,3)12-10-19(17)21;1-2-3-4-5-6/h14-19H,5-13H2,1-4H3;2-6H2,1H3. The Balaban J connectivity index is 0.000000307. The van der Waals surface area contributed by atoms with E-state index in [1.807, 2.05) is 0 Å². The number of hydrogen-bond donors (Lipinski definition) is 0. The summed E-state index contributed by atoms with van der Waals surface area (Å²) in [5.74, 6) is 6.28. The molecule has 158 valence electrons. The molecule has 4 fully saturated rings. The molecule has 4 saturated carbocycles. The molecule has 4 aliphatic rings. The summed E-state index contributed by atoms with van der Waals surface area (Å²) in [6.45, 7) is 12.6. The molecule has 9 unspecified atom stereocenters. The van der Waals surface area contributed by atoms with E-state index >= 15 is 0 Å². The van der Waals surface area contributed by atoms with Gasteiger partial charge in [0.1, 0.15) is 0 Å². The smallest absolute Gasteiger partial charge is 0.0266 e. The van der Waals surface area contributed by atoms with Gasteiger partial charge in [0.15, 0.2) is 0 Å². The van der Waals surface area contributed by atoms with Gasteiger partial charge in [0, 0.05) is 0 Å². The van der Waals surface area contributed by atoms with Crippen LogP contribution in [0.1, 0.15) is 112 Å². The highest BCUT2D eigenvalue weighted by Gasteiger charge is 2.59. The predicted octanol–water partition coefficient (Wildman–Crippen LogP) is 8.35. The summed E-state index contributed by atoms with van der Waals surface area (Å²) in [4.78, 5) is 0. The minimum absolute atomic E-state index is 0.701. The zero-order valence-electron chi connectivity index (χ0n) is 19.2. The van der Waals surface area contributed by atoms with E-state index in [0.29, 0.717) is 10.8 Å². The molecule has 0 aromatic rings. The van der Waals surface area contributed by atoms with Crippen LogP contribution in [0.4, 0.5) is 0 Å². The number of hydrogen-bond acceptors (Lipinski definition) is 0. The first kappa shape index (κ1) is 22.1. The first-order valence-electron chi connectivity index (χ1n) is 12.6. The van der Waals surface area contributed by atoms with Crippen molar-refractivity contribution in [2.45, 2.75) is 112 Å². The maximum absolute atomic E-state index is 2.73. The number of fused-ring (bicyclic) bond motifs is 5. The number of rotatable bonds is 3. The quantitative estimate of drug-likeness (QED) is 0.334. The van der Waals surface area contributed by atoms with Gasteiger partial charge in [-0.25, -0.2) is 0 Å². The van der Waals surface area contributed by atoms with Gasteiger partial charge in [0.25, 0.3) is 0 Å². The molecule has 0 nitrogen and oxygen atoms in total. The molecule has 0 radical (unpaired) electrons. The van der Waals surface area contributed by atoms with E-state index in [1.165, 1.54) is 51.1 Å². The van der Waals surface area contributed by atoms with Crippen LogP contribution in [0, 0.1) is 46.3 Å². The summed E-state index contributed by atoms with van der Waals surface area (Å²) in [6.07, 6.45) is 19.3. The molecule has 4 aliphatic carbocycles. The van der Waals surface area contributed by atoms with E-state index in [0.717, 1.165) is 35.5 Å². The van der Waals surface area contributed by atoms with Crippen LogP contribution in [-0.2, 0) is 0 Å².